The van der Waals surface area contributed by atoms with Crippen LogP contribution < -0.4 is 10.7 Å². The molecule has 1 aromatic carbocycles. The molecule has 4 aliphatic carbocycles. The summed E-state index contributed by atoms with van der Waals surface area (Å²) >= 11 is 0. The number of rotatable bonds is 5. The van der Waals surface area contributed by atoms with Crippen LogP contribution in [-0.2, 0) is 4.79 Å². The highest BCUT2D eigenvalue weighted by Gasteiger charge is 2.48. The molecule has 2 amide bonds. The van der Waals surface area contributed by atoms with Crippen molar-refractivity contribution < 1.29 is 19.8 Å². The van der Waals surface area contributed by atoms with Crippen molar-refractivity contribution in [2.45, 2.75) is 51.5 Å². The number of hydrogen-bond donors (Lipinski definition) is 4. The Morgan fingerprint density at radius 2 is 1.71 bits per heavy atom. The van der Waals surface area contributed by atoms with Gasteiger partial charge in [0.1, 0.15) is 11.5 Å². The maximum absolute atomic E-state index is 12.5. The Labute approximate surface area is 164 Å². The van der Waals surface area contributed by atoms with Gasteiger partial charge in [0.2, 0.25) is 5.91 Å². The molecule has 5 rings (SSSR count). The lowest BCUT2D eigenvalue weighted by Gasteiger charge is -2.54. The number of phenols is 2. The molecule has 4 bridgehead atoms. The molecule has 0 aromatic heterocycles. The second-order valence-electron chi connectivity index (χ2n) is 8.69. The second-order valence-corrected chi connectivity index (χ2v) is 8.69. The minimum absolute atomic E-state index is 0.00685. The highest BCUT2D eigenvalue weighted by molar-refractivity contribution is 6.01. The molecule has 1 aromatic rings. The number of nitrogens with one attached hydrogen (secondary N) is 2. The van der Waals surface area contributed by atoms with Crippen LogP contribution in [0.5, 0.6) is 11.5 Å². The number of aromatic hydroxyl groups is 2. The van der Waals surface area contributed by atoms with E-state index < -0.39 is 5.91 Å². The monoisotopic (exact) mass is 385 g/mol. The molecule has 0 saturated heterocycles. The van der Waals surface area contributed by atoms with E-state index in [4.69, 9.17) is 0 Å². The van der Waals surface area contributed by atoms with Crippen LogP contribution in [0.25, 0.3) is 0 Å². The van der Waals surface area contributed by atoms with Crippen LogP contribution in [-0.4, -0.2) is 33.8 Å². The molecule has 28 heavy (non-hydrogen) atoms. The molecule has 4 fully saturated rings. The van der Waals surface area contributed by atoms with Gasteiger partial charge in [-0.25, -0.2) is 5.43 Å². The minimum atomic E-state index is -0.599. The van der Waals surface area contributed by atoms with Crippen molar-refractivity contribution in [1.29, 1.82) is 0 Å². The average molecular weight is 385 g/mol. The van der Waals surface area contributed by atoms with E-state index in [-0.39, 0.29) is 35.4 Å². The van der Waals surface area contributed by atoms with Crippen LogP contribution >= 0.6 is 0 Å². The van der Waals surface area contributed by atoms with Crippen molar-refractivity contribution in [3.05, 3.63) is 23.8 Å². The Kier molecular flexibility index (Phi) is 5.00. The number of nitrogens with zero attached hydrogens (tertiary/aromatic N) is 1. The second kappa shape index (κ2) is 7.45. The predicted molar refractivity (Wildman–Crippen MR) is 104 cm³/mol. The maximum atomic E-state index is 12.5. The third kappa shape index (κ3) is 3.84. The van der Waals surface area contributed by atoms with Gasteiger partial charge in [-0.1, -0.05) is 0 Å². The van der Waals surface area contributed by atoms with Gasteiger partial charge in [-0.3, -0.25) is 9.59 Å². The van der Waals surface area contributed by atoms with Crippen molar-refractivity contribution in [2.24, 2.45) is 28.8 Å². The van der Waals surface area contributed by atoms with E-state index in [1.54, 1.807) is 6.92 Å². The molecule has 0 heterocycles. The summed E-state index contributed by atoms with van der Waals surface area (Å²) in [5, 5.41) is 26.2. The molecule has 0 radical (unpaired) electrons. The van der Waals surface area contributed by atoms with Crippen LogP contribution in [0.4, 0.5) is 0 Å². The van der Waals surface area contributed by atoms with E-state index in [9.17, 15) is 19.8 Å². The van der Waals surface area contributed by atoms with Gasteiger partial charge in [-0.2, -0.15) is 5.10 Å². The zero-order valence-electron chi connectivity index (χ0n) is 16.0. The molecule has 7 heteroatoms. The van der Waals surface area contributed by atoms with E-state index >= 15 is 0 Å². The summed E-state index contributed by atoms with van der Waals surface area (Å²) in [7, 11) is 0. The first-order chi connectivity index (χ1) is 13.4. The Morgan fingerprint density at radius 1 is 1.07 bits per heavy atom. The fraction of sp³-hybridized carbons (Fsp3) is 0.571. The van der Waals surface area contributed by atoms with Crippen molar-refractivity contribution >= 4 is 17.5 Å². The van der Waals surface area contributed by atoms with Gasteiger partial charge in [0.15, 0.2) is 0 Å². The largest absolute Gasteiger partial charge is 0.508 e. The summed E-state index contributed by atoms with van der Waals surface area (Å²) in [6.45, 7) is 1.69. The number of carbonyl (C=O) groups is 2. The Hall–Kier alpha value is -2.57. The molecule has 7 nitrogen and oxygen atoms in total. The summed E-state index contributed by atoms with van der Waals surface area (Å²) in [6.07, 6.45) is 6.50. The molecule has 0 aliphatic heterocycles. The van der Waals surface area contributed by atoms with Crippen LogP contribution in [0.2, 0.25) is 0 Å². The Morgan fingerprint density at radius 3 is 2.32 bits per heavy atom. The normalized spacial score (nSPS) is 30.9. The zero-order chi connectivity index (χ0) is 19.8. The lowest BCUT2D eigenvalue weighted by molar-refractivity contribution is -0.123. The first kappa shape index (κ1) is 18.8. The van der Waals surface area contributed by atoms with Gasteiger partial charge in [0.25, 0.3) is 5.91 Å². The number of carbonyl (C=O) groups excluding carboxylic acids is 2. The van der Waals surface area contributed by atoms with Crippen molar-refractivity contribution in [3.8, 4) is 11.5 Å². The van der Waals surface area contributed by atoms with Gasteiger partial charge < -0.3 is 15.5 Å². The maximum Gasteiger partial charge on any atom is 0.275 e. The molecule has 0 atom stereocenters. The van der Waals surface area contributed by atoms with Crippen molar-refractivity contribution in [2.75, 3.05) is 0 Å². The standard InChI is InChI=1S/C21H27N3O4/c1-11(23-24-21(28)17-3-2-16(25)10-18(17)26)4-19(27)22-20-14-6-12-5-13(8-14)9-15(20)7-12/h2-3,10,12-15,20,25-26H,4-9H2,1H3,(H,22,27)(H,24,28)/b23-11+. The topological polar surface area (TPSA) is 111 Å². The Bertz CT molecular complexity index is 792. The van der Waals surface area contributed by atoms with Crippen LogP contribution in [0.3, 0.4) is 0 Å². The van der Waals surface area contributed by atoms with E-state index in [1.807, 2.05) is 0 Å². The quantitative estimate of drug-likeness (QED) is 0.461. The van der Waals surface area contributed by atoms with E-state index in [0.29, 0.717) is 17.5 Å². The molecule has 150 valence electrons. The zero-order valence-corrected chi connectivity index (χ0v) is 16.0. The lowest BCUT2D eigenvalue weighted by atomic mass is 9.54. The molecule has 0 spiro atoms. The highest BCUT2D eigenvalue weighted by Crippen LogP contribution is 2.53. The van der Waals surface area contributed by atoms with Gasteiger partial charge >= 0.3 is 0 Å². The summed E-state index contributed by atoms with van der Waals surface area (Å²) in [5.41, 5.74) is 2.85. The number of amides is 2. The number of hydrazone groups is 1. The SMILES string of the molecule is C/C(CC(=O)NC1C2CC3CC(C2)CC1C3)=N\NC(=O)c1ccc(O)cc1O. The fourth-order valence-electron chi connectivity index (χ4n) is 5.59. The van der Waals surface area contributed by atoms with Gasteiger partial charge in [-0.15, -0.1) is 0 Å². The fourth-order valence-corrected chi connectivity index (χ4v) is 5.59. The van der Waals surface area contributed by atoms with E-state index in [2.05, 4.69) is 15.8 Å². The van der Waals surface area contributed by atoms with Crippen molar-refractivity contribution in [3.63, 3.8) is 0 Å². The molecular formula is C21H27N3O4. The summed E-state index contributed by atoms with van der Waals surface area (Å²) in [6, 6.07) is 3.99. The van der Waals surface area contributed by atoms with Crippen molar-refractivity contribution in [1.82, 2.24) is 10.7 Å². The van der Waals surface area contributed by atoms with Crippen LogP contribution in [0.1, 0.15) is 55.8 Å². The molecule has 0 unspecified atom stereocenters. The van der Waals surface area contributed by atoms with E-state index in [0.717, 1.165) is 17.9 Å². The van der Waals surface area contributed by atoms with Gasteiger partial charge in [0.05, 0.1) is 12.0 Å². The highest BCUT2D eigenvalue weighted by atomic mass is 16.3. The summed E-state index contributed by atoms with van der Waals surface area (Å²) in [5.74, 6) is 1.86. The van der Waals surface area contributed by atoms with Gasteiger partial charge in [-0.05, 0) is 74.8 Å². The predicted octanol–water partition coefficient (Wildman–Crippen LogP) is 2.53. The van der Waals surface area contributed by atoms with Crippen LogP contribution in [0, 0.1) is 23.7 Å². The lowest BCUT2D eigenvalue weighted by Crippen LogP contribution is -2.56. The number of benzene rings is 1. The molecule has 4 N–H and O–H groups in total. The van der Waals surface area contributed by atoms with Gasteiger partial charge in [0, 0.05) is 17.8 Å². The summed E-state index contributed by atoms with van der Waals surface area (Å²) in [4.78, 5) is 24.6. The smallest absolute Gasteiger partial charge is 0.275 e. The average Bonchev–Trinajstić information content (AvgIpc) is 2.62. The Balaban J connectivity index is 1.30. The molecule has 4 saturated carbocycles. The third-order valence-electron chi connectivity index (χ3n) is 6.55. The first-order valence-corrected chi connectivity index (χ1v) is 10.0. The van der Waals surface area contributed by atoms with E-state index in [1.165, 1.54) is 44.2 Å². The number of phenolic OH excluding ortho intramolecular Hbond substituents is 2. The minimum Gasteiger partial charge on any atom is -0.508 e. The van der Waals surface area contributed by atoms with Crippen LogP contribution in [0.15, 0.2) is 23.3 Å². The number of hydrogen-bond acceptors (Lipinski definition) is 5. The molecule has 4 aliphatic rings. The third-order valence-corrected chi connectivity index (χ3v) is 6.55. The summed E-state index contributed by atoms with van der Waals surface area (Å²) < 4.78 is 0. The molecular weight excluding hydrogens is 358 g/mol. The first-order valence-electron chi connectivity index (χ1n) is 10.0.